The van der Waals surface area contributed by atoms with Crippen molar-refractivity contribution in [2.24, 2.45) is 0 Å². The van der Waals surface area contributed by atoms with Gasteiger partial charge < -0.3 is 9.84 Å². The number of benzene rings is 1. The van der Waals surface area contributed by atoms with Gasteiger partial charge in [0, 0.05) is 23.7 Å². The third-order valence-electron chi connectivity index (χ3n) is 3.57. The van der Waals surface area contributed by atoms with E-state index in [0.29, 0.717) is 5.56 Å². The molecule has 124 valence electrons. The molecule has 1 aliphatic rings. The first-order valence-corrected chi connectivity index (χ1v) is 8.30. The number of nitrogens with zero attached hydrogens (tertiary/aromatic N) is 3. The first-order chi connectivity index (χ1) is 11.7. The maximum absolute atomic E-state index is 12.5. The summed E-state index contributed by atoms with van der Waals surface area (Å²) in [7, 11) is 0. The highest BCUT2D eigenvalue weighted by molar-refractivity contribution is 7.99. The third-order valence-corrected chi connectivity index (χ3v) is 4.89. The zero-order valence-electron chi connectivity index (χ0n) is 12.6. The van der Waals surface area contributed by atoms with Crippen LogP contribution in [0.4, 0.5) is 4.79 Å². The molecule has 1 saturated heterocycles. The molecule has 1 unspecified atom stereocenters. The zero-order valence-corrected chi connectivity index (χ0v) is 13.4. The van der Waals surface area contributed by atoms with E-state index >= 15 is 0 Å². The van der Waals surface area contributed by atoms with E-state index in [1.54, 1.807) is 12.4 Å². The number of hydrogen-bond acceptors (Lipinski definition) is 6. The predicted molar refractivity (Wildman–Crippen MR) is 87.1 cm³/mol. The molecule has 1 amide bonds. The average Bonchev–Trinajstić information content (AvgIpc) is 3.07. The number of hydrogen-bond donors (Lipinski definition) is 1. The fraction of sp³-hybridized carbons (Fsp3) is 0.250. The summed E-state index contributed by atoms with van der Waals surface area (Å²) in [5.41, 5.74) is 1.51. The van der Waals surface area contributed by atoms with Crippen LogP contribution in [-0.2, 0) is 16.1 Å². The Morgan fingerprint density at radius 2 is 1.96 bits per heavy atom. The molecule has 2 atom stereocenters. The number of carboxylic acid groups (broad SMARTS) is 1. The summed E-state index contributed by atoms with van der Waals surface area (Å²) in [6.07, 6.45) is 3.87. The van der Waals surface area contributed by atoms with Crippen molar-refractivity contribution in [2.45, 2.75) is 18.0 Å². The van der Waals surface area contributed by atoms with Gasteiger partial charge in [0.15, 0.2) is 0 Å². The van der Waals surface area contributed by atoms with Crippen LogP contribution in [0.2, 0.25) is 0 Å². The minimum Gasteiger partial charge on any atom is -0.480 e. The van der Waals surface area contributed by atoms with Crippen LogP contribution in [0, 0.1) is 0 Å². The highest BCUT2D eigenvalue weighted by Gasteiger charge is 2.43. The molecule has 1 aromatic carbocycles. The summed E-state index contributed by atoms with van der Waals surface area (Å²) in [6.45, 7) is 0.0885. The van der Waals surface area contributed by atoms with Crippen LogP contribution in [0.5, 0.6) is 0 Å². The van der Waals surface area contributed by atoms with Gasteiger partial charge in [-0.3, -0.25) is 4.90 Å². The van der Waals surface area contributed by atoms with Gasteiger partial charge in [-0.1, -0.05) is 30.3 Å². The quantitative estimate of drug-likeness (QED) is 0.909. The van der Waals surface area contributed by atoms with Gasteiger partial charge in [-0.05, 0) is 5.56 Å². The molecule has 1 aliphatic heterocycles. The molecule has 8 heteroatoms. The molecule has 2 heterocycles. The SMILES string of the molecule is O=C(O)C1CS[C@H](c2cncnc2)N1C(=O)OCc1ccccc1. The molecule has 2 aromatic rings. The lowest BCUT2D eigenvalue weighted by Crippen LogP contribution is -2.43. The number of carbonyl (C=O) groups is 2. The lowest BCUT2D eigenvalue weighted by atomic mass is 10.2. The number of amides is 1. The van der Waals surface area contributed by atoms with Crippen LogP contribution in [0.3, 0.4) is 0 Å². The van der Waals surface area contributed by atoms with Gasteiger partial charge in [0.25, 0.3) is 0 Å². The topological polar surface area (TPSA) is 92.6 Å². The lowest BCUT2D eigenvalue weighted by molar-refractivity contribution is -0.141. The monoisotopic (exact) mass is 345 g/mol. The number of thioether (sulfide) groups is 1. The summed E-state index contributed by atoms with van der Waals surface area (Å²) in [6, 6.07) is 8.29. The number of rotatable bonds is 4. The predicted octanol–water partition coefficient (Wildman–Crippen LogP) is 2.31. The number of aromatic nitrogens is 2. The molecule has 0 bridgehead atoms. The summed E-state index contributed by atoms with van der Waals surface area (Å²) in [4.78, 5) is 33.1. The Balaban J connectivity index is 1.77. The van der Waals surface area contributed by atoms with Crippen LogP contribution in [0.15, 0.2) is 49.1 Å². The maximum atomic E-state index is 12.5. The van der Waals surface area contributed by atoms with E-state index in [2.05, 4.69) is 9.97 Å². The van der Waals surface area contributed by atoms with Crippen molar-refractivity contribution in [1.82, 2.24) is 14.9 Å². The zero-order chi connectivity index (χ0) is 16.9. The maximum Gasteiger partial charge on any atom is 0.412 e. The van der Waals surface area contributed by atoms with E-state index in [1.165, 1.54) is 23.0 Å². The fourth-order valence-electron chi connectivity index (χ4n) is 2.41. The van der Waals surface area contributed by atoms with Gasteiger partial charge in [-0.15, -0.1) is 11.8 Å². The summed E-state index contributed by atoms with van der Waals surface area (Å²) in [5, 5.41) is 8.91. The van der Waals surface area contributed by atoms with Gasteiger partial charge in [0.2, 0.25) is 0 Å². The van der Waals surface area contributed by atoms with Crippen molar-refractivity contribution >= 4 is 23.8 Å². The van der Waals surface area contributed by atoms with Crippen molar-refractivity contribution in [3.05, 3.63) is 60.2 Å². The Kier molecular flexibility index (Phi) is 4.95. The Labute approximate surface area is 142 Å². The van der Waals surface area contributed by atoms with Gasteiger partial charge >= 0.3 is 12.1 Å². The van der Waals surface area contributed by atoms with Crippen LogP contribution in [0.1, 0.15) is 16.5 Å². The average molecular weight is 345 g/mol. The van der Waals surface area contributed by atoms with Crippen molar-refractivity contribution < 1.29 is 19.4 Å². The second kappa shape index (κ2) is 7.31. The van der Waals surface area contributed by atoms with Crippen molar-refractivity contribution in [1.29, 1.82) is 0 Å². The van der Waals surface area contributed by atoms with Gasteiger partial charge in [-0.2, -0.15) is 0 Å². The minimum absolute atomic E-state index is 0.0885. The van der Waals surface area contributed by atoms with E-state index in [-0.39, 0.29) is 12.4 Å². The lowest BCUT2D eigenvalue weighted by Gasteiger charge is -2.26. The Morgan fingerprint density at radius 1 is 1.25 bits per heavy atom. The fourth-order valence-corrected chi connectivity index (χ4v) is 3.78. The van der Waals surface area contributed by atoms with Crippen molar-refractivity contribution in [3.8, 4) is 0 Å². The van der Waals surface area contributed by atoms with E-state index in [9.17, 15) is 14.7 Å². The highest BCUT2D eigenvalue weighted by Crippen LogP contribution is 2.41. The van der Waals surface area contributed by atoms with Crippen molar-refractivity contribution in [3.63, 3.8) is 0 Å². The number of aliphatic carboxylic acids is 1. The molecule has 1 N–H and O–H groups in total. The van der Waals surface area contributed by atoms with Crippen LogP contribution in [0.25, 0.3) is 0 Å². The summed E-state index contributed by atoms with van der Waals surface area (Å²) < 4.78 is 5.31. The van der Waals surface area contributed by atoms with E-state index in [1.807, 2.05) is 30.3 Å². The molecule has 24 heavy (non-hydrogen) atoms. The molecule has 1 fully saturated rings. The Morgan fingerprint density at radius 3 is 2.62 bits per heavy atom. The molecule has 3 rings (SSSR count). The van der Waals surface area contributed by atoms with E-state index in [4.69, 9.17) is 4.74 Å². The van der Waals surface area contributed by atoms with Crippen molar-refractivity contribution in [2.75, 3.05) is 5.75 Å². The summed E-state index contributed by atoms with van der Waals surface area (Å²) >= 11 is 1.35. The number of carboxylic acids is 1. The normalized spacial score (nSPS) is 19.9. The van der Waals surface area contributed by atoms with Gasteiger partial charge in [-0.25, -0.2) is 19.6 Å². The second-order valence-corrected chi connectivity index (χ2v) is 6.27. The molecule has 0 saturated carbocycles. The molecular weight excluding hydrogens is 330 g/mol. The minimum atomic E-state index is -1.06. The van der Waals surface area contributed by atoms with Crippen LogP contribution < -0.4 is 0 Å². The second-order valence-electron chi connectivity index (χ2n) is 5.16. The van der Waals surface area contributed by atoms with E-state index < -0.39 is 23.5 Å². The molecule has 0 aliphatic carbocycles. The van der Waals surface area contributed by atoms with Crippen LogP contribution in [-0.4, -0.2) is 43.8 Å². The highest BCUT2D eigenvalue weighted by atomic mass is 32.2. The first kappa shape index (κ1) is 16.3. The smallest absolute Gasteiger partial charge is 0.412 e. The molecule has 1 aromatic heterocycles. The Hall–Kier alpha value is -2.61. The molecular formula is C16H15N3O4S. The number of ether oxygens (including phenoxy) is 1. The molecule has 0 spiro atoms. The third kappa shape index (κ3) is 3.48. The van der Waals surface area contributed by atoms with Gasteiger partial charge in [0.1, 0.15) is 24.3 Å². The standard InChI is InChI=1S/C16H15N3O4S/c20-15(21)13-9-24-14(12-6-17-10-18-7-12)19(13)16(22)23-8-11-4-2-1-3-5-11/h1-7,10,13-14H,8-9H2,(H,20,21)/t13?,14-/m1/s1. The van der Waals surface area contributed by atoms with Gasteiger partial charge in [0.05, 0.1) is 0 Å². The van der Waals surface area contributed by atoms with E-state index in [0.717, 1.165) is 5.56 Å². The first-order valence-electron chi connectivity index (χ1n) is 7.25. The Bertz CT molecular complexity index is 714. The number of carbonyl (C=O) groups excluding carboxylic acids is 1. The summed E-state index contributed by atoms with van der Waals surface area (Å²) in [5.74, 6) is -0.770. The molecule has 7 nitrogen and oxygen atoms in total. The largest absolute Gasteiger partial charge is 0.480 e. The molecule has 0 radical (unpaired) electrons. The van der Waals surface area contributed by atoms with Crippen LogP contribution >= 0.6 is 11.8 Å².